The van der Waals surface area contributed by atoms with Gasteiger partial charge in [-0.05, 0) is 147 Å². The molecule has 17 nitrogen and oxygen atoms in total. The first-order chi connectivity index (χ1) is 26.1. The van der Waals surface area contributed by atoms with Crippen LogP contribution in [0.5, 0.6) is 0 Å². The van der Waals surface area contributed by atoms with E-state index in [-0.39, 0.29) is 36.1 Å². The van der Waals surface area contributed by atoms with Gasteiger partial charge >= 0.3 is 36.1 Å². The van der Waals surface area contributed by atoms with Gasteiger partial charge in [0.2, 0.25) is 0 Å². The third-order valence-electron chi connectivity index (χ3n) is 8.12. The average Bonchev–Trinajstić information content (AvgIpc) is 3.72. The van der Waals surface area contributed by atoms with Crippen molar-refractivity contribution in [2.45, 2.75) is 206 Å². The van der Waals surface area contributed by atoms with Crippen molar-refractivity contribution in [3.63, 3.8) is 0 Å². The van der Waals surface area contributed by atoms with Crippen LogP contribution in [0.4, 0.5) is 9.59 Å². The first-order valence-corrected chi connectivity index (χ1v) is 19.8. The number of carboxylic acid groups (broad SMARTS) is 1. The number of esters is 3. The van der Waals surface area contributed by atoms with Gasteiger partial charge in [-0.2, -0.15) is 0 Å². The minimum absolute atomic E-state index is 0.137. The van der Waals surface area contributed by atoms with Crippen molar-refractivity contribution in [3.05, 3.63) is 0 Å². The van der Waals surface area contributed by atoms with Crippen LogP contribution in [-0.2, 0) is 42.9 Å². The lowest BCUT2D eigenvalue weighted by atomic mass is 10.0. The van der Waals surface area contributed by atoms with Gasteiger partial charge in [0.05, 0.1) is 7.11 Å². The molecule has 2 aliphatic heterocycles. The Hall–Kier alpha value is -3.70. The normalized spacial score (nSPS) is 20.5. The molecule has 0 spiro atoms. The lowest BCUT2D eigenvalue weighted by Crippen LogP contribution is -2.44. The molecule has 332 valence electrons. The van der Waals surface area contributed by atoms with Crippen molar-refractivity contribution in [3.8, 4) is 0 Å². The van der Waals surface area contributed by atoms with Crippen LogP contribution < -0.4 is 21.3 Å². The second-order valence-corrected chi connectivity index (χ2v) is 18.2. The molecule has 57 heavy (non-hydrogen) atoms. The third kappa shape index (κ3) is 25.3. The smallest absolute Gasteiger partial charge is 0.408 e. The van der Waals surface area contributed by atoms with Crippen molar-refractivity contribution in [1.29, 1.82) is 0 Å². The van der Waals surface area contributed by atoms with E-state index >= 15 is 0 Å². The van der Waals surface area contributed by atoms with Gasteiger partial charge in [-0.15, -0.1) is 0 Å². The van der Waals surface area contributed by atoms with Crippen LogP contribution in [0, 0.1) is 0 Å². The summed E-state index contributed by atoms with van der Waals surface area (Å²) in [4.78, 5) is 71.2. The number of ether oxygens (including phenoxy) is 5. The molecule has 2 rings (SSSR count). The highest BCUT2D eigenvalue weighted by Crippen LogP contribution is 2.22. The molecule has 2 aliphatic rings. The van der Waals surface area contributed by atoms with E-state index < -0.39 is 58.6 Å². The molecular weight excluding hydrogens is 744 g/mol. The Kier molecular flexibility index (Phi) is 22.7. The third-order valence-corrected chi connectivity index (χ3v) is 8.12. The summed E-state index contributed by atoms with van der Waals surface area (Å²) in [6.07, 6.45) is 5.28. The van der Waals surface area contributed by atoms with Crippen LogP contribution in [0.25, 0.3) is 0 Å². The van der Waals surface area contributed by atoms with Gasteiger partial charge in [-0.25, -0.2) is 19.2 Å². The fraction of sp³-hybridized carbons (Fsp3) is 0.850. The van der Waals surface area contributed by atoms with Gasteiger partial charge in [0.25, 0.3) is 0 Å². The molecule has 0 aliphatic carbocycles. The number of aliphatic hydroxyl groups excluding tert-OH is 1. The Morgan fingerprint density at radius 1 is 0.579 bits per heavy atom. The number of carbonyl (C=O) groups excluding carboxylic acids is 5. The van der Waals surface area contributed by atoms with Crippen LogP contribution in [0.15, 0.2) is 0 Å². The highest BCUT2D eigenvalue weighted by molar-refractivity contribution is 5.81. The van der Waals surface area contributed by atoms with Gasteiger partial charge in [-0.3, -0.25) is 9.59 Å². The number of hydrogen-bond donors (Lipinski definition) is 6. The van der Waals surface area contributed by atoms with E-state index in [0.29, 0.717) is 32.1 Å². The number of aliphatic carboxylic acids is 1. The molecule has 6 N–H and O–H groups in total. The molecule has 2 unspecified atom stereocenters. The minimum atomic E-state index is -1.09. The van der Waals surface area contributed by atoms with Crippen molar-refractivity contribution >= 4 is 36.1 Å². The van der Waals surface area contributed by atoms with E-state index in [1.54, 1.807) is 41.5 Å². The summed E-state index contributed by atoms with van der Waals surface area (Å²) in [5.74, 6) is -2.07. The minimum Gasteiger partial charge on any atom is -0.480 e. The van der Waals surface area contributed by atoms with Crippen LogP contribution in [0.2, 0.25) is 0 Å². The second-order valence-electron chi connectivity index (χ2n) is 18.2. The predicted molar refractivity (Wildman–Crippen MR) is 213 cm³/mol. The number of rotatable bonds is 14. The van der Waals surface area contributed by atoms with E-state index in [1.165, 1.54) is 7.11 Å². The Balaban J connectivity index is 0.00000105. The van der Waals surface area contributed by atoms with Crippen LogP contribution in [0.3, 0.4) is 0 Å². The van der Waals surface area contributed by atoms with E-state index in [1.807, 2.05) is 41.5 Å². The lowest BCUT2D eigenvalue weighted by Gasteiger charge is -2.23. The maximum Gasteiger partial charge on any atom is 0.408 e. The number of methoxy groups -OCH3 is 1. The molecule has 2 saturated heterocycles. The van der Waals surface area contributed by atoms with E-state index in [0.717, 1.165) is 39.2 Å². The van der Waals surface area contributed by atoms with E-state index in [9.17, 15) is 33.9 Å². The zero-order valence-corrected chi connectivity index (χ0v) is 36.9. The summed E-state index contributed by atoms with van der Waals surface area (Å²) in [7, 11) is 2.29. The second kappa shape index (κ2) is 24.3. The molecule has 2 fully saturated rings. The fourth-order valence-corrected chi connectivity index (χ4v) is 5.90. The van der Waals surface area contributed by atoms with Crippen LogP contribution in [0.1, 0.15) is 147 Å². The number of nitrogens with one attached hydrogen (secondary N) is 4. The molecule has 0 bridgehead atoms. The Labute approximate surface area is 339 Å². The molecular formula is C40H74N4O13. The fourth-order valence-electron chi connectivity index (χ4n) is 5.90. The summed E-state index contributed by atoms with van der Waals surface area (Å²) in [6, 6.07) is -2.05. The van der Waals surface area contributed by atoms with Crippen molar-refractivity contribution in [1.82, 2.24) is 21.3 Å². The van der Waals surface area contributed by atoms with E-state index in [2.05, 4.69) is 21.3 Å². The Morgan fingerprint density at radius 3 is 1.23 bits per heavy atom. The number of amides is 2. The Morgan fingerprint density at radius 2 is 0.912 bits per heavy atom. The summed E-state index contributed by atoms with van der Waals surface area (Å²) >= 11 is 0. The number of alkyl carbamates (subject to hydrolysis) is 2. The molecule has 0 aromatic rings. The zero-order valence-electron chi connectivity index (χ0n) is 36.9. The van der Waals surface area contributed by atoms with Crippen molar-refractivity contribution < 1.29 is 62.7 Å². The molecule has 2 heterocycles. The van der Waals surface area contributed by atoms with Gasteiger partial charge in [0, 0.05) is 19.2 Å². The van der Waals surface area contributed by atoms with Crippen molar-refractivity contribution in [2.75, 3.05) is 14.2 Å². The number of carbonyl (C=O) groups is 6. The van der Waals surface area contributed by atoms with Gasteiger partial charge in [-0.1, -0.05) is 0 Å². The molecule has 0 aromatic carbocycles. The molecule has 17 heteroatoms. The zero-order chi connectivity index (χ0) is 44.4. The lowest BCUT2D eigenvalue weighted by molar-refractivity contribution is -0.158. The molecule has 0 radical (unpaired) electrons. The topological polar surface area (TPSA) is 237 Å². The number of aliphatic hydroxyl groups is 1. The highest BCUT2D eigenvalue weighted by Gasteiger charge is 2.34. The Bertz CT molecular complexity index is 1280. The average molecular weight is 819 g/mol. The number of carboxylic acids is 1. The van der Waals surface area contributed by atoms with E-state index in [4.69, 9.17) is 28.8 Å². The van der Waals surface area contributed by atoms with Crippen molar-refractivity contribution in [2.24, 2.45) is 0 Å². The van der Waals surface area contributed by atoms with Crippen LogP contribution >= 0.6 is 0 Å². The summed E-state index contributed by atoms with van der Waals surface area (Å²) in [5.41, 5.74) is -2.34. The van der Waals surface area contributed by atoms with Gasteiger partial charge in [0.15, 0.2) is 0 Å². The maximum absolute atomic E-state index is 12.1. The van der Waals surface area contributed by atoms with Crippen LogP contribution in [-0.4, -0.2) is 119 Å². The standard InChI is InChI=1S/C20H36N2O6.C19H34N2O6.CH4O/c1-19(2,3)27-17(24)15-12-11-13(21-15)9-8-10-14(16(23)26-7)22-18(25)28-20(4,5)6;1-18(2,3)26-16(24)14-11-10-12(20-14)8-7-9-13(15(22)23)21-17(25)27-19(4,5)6;1-2/h13-15,21H,8-12H2,1-7H3,(H,22,25);12-14,20H,7-11H2,1-6H3,(H,21,25)(H,22,23);2H,1H3/t13-,14?,15-;12-,13?,14-;/m00./s1. The monoisotopic (exact) mass is 819 g/mol. The maximum atomic E-state index is 12.1. The quantitative estimate of drug-likeness (QED) is 0.101. The molecule has 6 atom stereocenters. The van der Waals surface area contributed by atoms with Gasteiger partial charge in [0.1, 0.15) is 46.6 Å². The first kappa shape index (κ1) is 53.3. The predicted octanol–water partition coefficient (Wildman–Crippen LogP) is 4.89. The summed E-state index contributed by atoms with van der Waals surface area (Å²) < 4.78 is 25.9. The molecule has 2 amide bonds. The molecule has 0 saturated carbocycles. The highest BCUT2D eigenvalue weighted by atomic mass is 16.6. The number of hydrogen-bond acceptors (Lipinski definition) is 14. The SMILES string of the molecule is CC(C)(C)OC(=O)NC(CCC[C@H]1CC[C@@H](C(=O)OC(C)(C)C)N1)C(=O)O.CO.COC(=O)C(CCC[C@H]1CC[C@@H](C(=O)OC(C)(C)C)N1)NC(=O)OC(C)(C)C. The molecule has 0 aromatic heterocycles. The largest absolute Gasteiger partial charge is 0.480 e. The summed E-state index contributed by atoms with van der Waals surface area (Å²) in [6.45, 7) is 21.5. The summed E-state index contributed by atoms with van der Waals surface area (Å²) in [5, 5.41) is 27.8. The van der Waals surface area contributed by atoms with Gasteiger partial charge < -0.3 is 55.2 Å². The first-order valence-electron chi connectivity index (χ1n) is 19.8.